The predicted molar refractivity (Wildman–Crippen MR) is 78.9 cm³/mol. The summed E-state index contributed by atoms with van der Waals surface area (Å²) in [5.41, 5.74) is 0.744. The van der Waals surface area contributed by atoms with E-state index in [0.717, 1.165) is 24.2 Å². The maximum absolute atomic E-state index is 11.7. The number of aliphatic hydroxyl groups excluding tert-OH is 1. The number of amides is 2. The smallest absolute Gasteiger partial charge is 0.315 e. The second-order valence-corrected chi connectivity index (χ2v) is 4.66. The molecule has 0 radical (unpaired) electrons. The van der Waals surface area contributed by atoms with Gasteiger partial charge in [-0.2, -0.15) is 0 Å². The second kappa shape index (κ2) is 8.43. The first-order chi connectivity index (χ1) is 9.60. The molecule has 5 nitrogen and oxygen atoms in total. The van der Waals surface area contributed by atoms with Crippen molar-refractivity contribution in [1.82, 2.24) is 10.6 Å². The van der Waals surface area contributed by atoms with Gasteiger partial charge in [-0.15, -0.1) is 0 Å². The van der Waals surface area contributed by atoms with E-state index in [9.17, 15) is 9.90 Å². The van der Waals surface area contributed by atoms with Gasteiger partial charge in [0, 0.05) is 12.6 Å². The van der Waals surface area contributed by atoms with Gasteiger partial charge in [-0.25, -0.2) is 4.79 Å². The highest BCUT2D eigenvalue weighted by Crippen LogP contribution is 2.16. The van der Waals surface area contributed by atoms with Crippen molar-refractivity contribution >= 4 is 6.03 Å². The van der Waals surface area contributed by atoms with E-state index in [1.54, 1.807) is 31.4 Å². The first kappa shape index (κ1) is 16.3. The zero-order valence-electron chi connectivity index (χ0n) is 12.3. The number of carbonyl (C=O) groups excluding carboxylic acids is 1. The van der Waals surface area contributed by atoms with Crippen LogP contribution in [0.25, 0.3) is 0 Å². The molecule has 2 amide bonds. The fourth-order valence-corrected chi connectivity index (χ4v) is 1.86. The highest BCUT2D eigenvalue weighted by Gasteiger charge is 2.11. The minimum absolute atomic E-state index is 0.174. The molecular formula is C15H24N2O3. The maximum Gasteiger partial charge on any atom is 0.315 e. The Morgan fingerprint density at radius 1 is 1.25 bits per heavy atom. The van der Waals surface area contributed by atoms with E-state index in [4.69, 9.17) is 4.74 Å². The molecule has 0 saturated carbocycles. The van der Waals surface area contributed by atoms with E-state index in [-0.39, 0.29) is 18.6 Å². The van der Waals surface area contributed by atoms with E-state index in [1.165, 1.54) is 0 Å². The quantitative estimate of drug-likeness (QED) is 0.717. The first-order valence-electron chi connectivity index (χ1n) is 6.97. The summed E-state index contributed by atoms with van der Waals surface area (Å²) in [6, 6.07) is 7.05. The lowest BCUT2D eigenvalue weighted by Gasteiger charge is -2.17. The summed E-state index contributed by atoms with van der Waals surface area (Å²) in [6.45, 7) is 4.24. The number of methoxy groups -OCH3 is 1. The molecule has 112 valence electrons. The van der Waals surface area contributed by atoms with E-state index in [0.29, 0.717) is 0 Å². The lowest BCUT2D eigenvalue weighted by Crippen LogP contribution is -2.42. The van der Waals surface area contributed by atoms with Crippen molar-refractivity contribution in [2.75, 3.05) is 13.7 Å². The van der Waals surface area contributed by atoms with Crippen LogP contribution in [0.2, 0.25) is 0 Å². The largest absolute Gasteiger partial charge is 0.497 e. The molecule has 0 bridgehead atoms. The Balaban J connectivity index is 2.41. The maximum atomic E-state index is 11.7. The Hall–Kier alpha value is -1.75. The van der Waals surface area contributed by atoms with Crippen molar-refractivity contribution in [3.8, 4) is 5.75 Å². The molecule has 0 aliphatic carbocycles. The number of nitrogens with one attached hydrogen (secondary N) is 2. The molecule has 5 heteroatoms. The van der Waals surface area contributed by atoms with Crippen molar-refractivity contribution < 1.29 is 14.6 Å². The molecule has 1 aromatic carbocycles. The minimum atomic E-state index is -0.728. The summed E-state index contributed by atoms with van der Waals surface area (Å²) in [5.74, 6) is 0.736. The van der Waals surface area contributed by atoms with Crippen molar-refractivity contribution in [2.24, 2.45) is 0 Å². The SMILES string of the molecule is CCC(CC)NC(=O)NCC(O)c1ccc(OC)cc1. The Morgan fingerprint density at radius 3 is 2.35 bits per heavy atom. The summed E-state index contributed by atoms with van der Waals surface area (Å²) in [6.07, 6.45) is 1.06. The van der Waals surface area contributed by atoms with Crippen LogP contribution in [-0.4, -0.2) is 30.8 Å². The monoisotopic (exact) mass is 280 g/mol. The molecule has 0 heterocycles. The van der Waals surface area contributed by atoms with Crippen LogP contribution in [0.4, 0.5) is 4.79 Å². The van der Waals surface area contributed by atoms with Crippen LogP contribution in [0.15, 0.2) is 24.3 Å². The van der Waals surface area contributed by atoms with Crippen LogP contribution >= 0.6 is 0 Å². The molecule has 0 saturated heterocycles. The van der Waals surface area contributed by atoms with Crippen molar-refractivity contribution in [2.45, 2.75) is 38.8 Å². The standard InChI is InChI=1S/C15H24N2O3/c1-4-12(5-2)17-15(19)16-10-14(18)11-6-8-13(20-3)9-7-11/h6-9,12,14,18H,4-5,10H2,1-3H3,(H2,16,17,19). The number of ether oxygens (including phenoxy) is 1. The molecule has 20 heavy (non-hydrogen) atoms. The Kier molecular flexibility index (Phi) is 6.87. The molecule has 1 unspecified atom stereocenters. The number of hydrogen-bond acceptors (Lipinski definition) is 3. The molecule has 0 aliphatic heterocycles. The lowest BCUT2D eigenvalue weighted by molar-refractivity contribution is 0.172. The summed E-state index contributed by atoms with van der Waals surface area (Å²) < 4.78 is 5.05. The Bertz CT molecular complexity index is 402. The fourth-order valence-electron chi connectivity index (χ4n) is 1.86. The van der Waals surface area contributed by atoms with E-state index >= 15 is 0 Å². The van der Waals surface area contributed by atoms with Crippen LogP contribution in [0.3, 0.4) is 0 Å². The number of rotatable bonds is 7. The van der Waals surface area contributed by atoms with Gasteiger partial charge in [0.15, 0.2) is 0 Å². The normalized spacial score (nSPS) is 12.1. The summed E-state index contributed by atoms with van der Waals surface area (Å²) in [7, 11) is 1.59. The number of benzene rings is 1. The van der Waals surface area contributed by atoms with E-state index in [2.05, 4.69) is 10.6 Å². The molecule has 0 spiro atoms. The van der Waals surface area contributed by atoms with E-state index in [1.807, 2.05) is 13.8 Å². The summed E-state index contributed by atoms with van der Waals surface area (Å²) >= 11 is 0. The van der Waals surface area contributed by atoms with Crippen molar-refractivity contribution in [3.63, 3.8) is 0 Å². The number of urea groups is 1. The zero-order chi connectivity index (χ0) is 15.0. The van der Waals surface area contributed by atoms with E-state index < -0.39 is 6.10 Å². The molecule has 0 aliphatic rings. The average molecular weight is 280 g/mol. The topological polar surface area (TPSA) is 70.6 Å². The lowest BCUT2D eigenvalue weighted by atomic mass is 10.1. The van der Waals surface area contributed by atoms with Gasteiger partial charge in [0.05, 0.1) is 13.2 Å². The van der Waals surface area contributed by atoms with Crippen LogP contribution in [0.5, 0.6) is 5.75 Å². The molecule has 1 rings (SSSR count). The van der Waals surface area contributed by atoms with Crippen LogP contribution in [0.1, 0.15) is 38.4 Å². The van der Waals surface area contributed by atoms with Gasteiger partial charge in [0.25, 0.3) is 0 Å². The third-order valence-corrected chi connectivity index (χ3v) is 3.28. The van der Waals surface area contributed by atoms with Gasteiger partial charge >= 0.3 is 6.03 Å². The van der Waals surface area contributed by atoms with Crippen LogP contribution in [-0.2, 0) is 0 Å². The molecule has 1 aromatic rings. The Morgan fingerprint density at radius 2 is 1.85 bits per heavy atom. The Labute approximate surface area is 120 Å². The van der Waals surface area contributed by atoms with Gasteiger partial charge in [-0.05, 0) is 30.5 Å². The summed E-state index contributed by atoms with van der Waals surface area (Å²) in [4.78, 5) is 11.7. The predicted octanol–water partition coefficient (Wildman–Crippen LogP) is 2.22. The van der Waals surface area contributed by atoms with Gasteiger partial charge in [0.2, 0.25) is 0 Å². The number of hydrogen-bond donors (Lipinski definition) is 3. The molecule has 3 N–H and O–H groups in total. The van der Waals surface area contributed by atoms with Gasteiger partial charge < -0.3 is 20.5 Å². The minimum Gasteiger partial charge on any atom is -0.497 e. The molecule has 0 aromatic heterocycles. The average Bonchev–Trinajstić information content (AvgIpc) is 2.50. The molecular weight excluding hydrogens is 256 g/mol. The third kappa shape index (κ3) is 5.09. The van der Waals surface area contributed by atoms with Crippen LogP contribution < -0.4 is 15.4 Å². The third-order valence-electron chi connectivity index (χ3n) is 3.28. The highest BCUT2D eigenvalue weighted by molar-refractivity contribution is 5.74. The van der Waals surface area contributed by atoms with Gasteiger partial charge in [-0.1, -0.05) is 26.0 Å². The zero-order valence-corrected chi connectivity index (χ0v) is 12.3. The summed E-state index contributed by atoms with van der Waals surface area (Å²) in [5, 5.41) is 15.5. The number of carbonyl (C=O) groups is 1. The highest BCUT2D eigenvalue weighted by atomic mass is 16.5. The second-order valence-electron chi connectivity index (χ2n) is 4.66. The van der Waals surface area contributed by atoms with Crippen molar-refractivity contribution in [1.29, 1.82) is 0 Å². The van der Waals surface area contributed by atoms with Crippen LogP contribution in [0, 0.1) is 0 Å². The first-order valence-corrected chi connectivity index (χ1v) is 6.97. The number of aliphatic hydroxyl groups is 1. The molecule has 0 fully saturated rings. The van der Waals surface area contributed by atoms with Gasteiger partial charge in [-0.3, -0.25) is 0 Å². The fraction of sp³-hybridized carbons (Fsp3) is 0.533. The van der Waals surface area contributed by atoms with Crippen molar-refractivity contribution in [3.05, 3.63) is 29.8 Å². The van der Waals surface area contributed by atoms with Gasteiger partial charge in [0.1, 0.15) is 5.75 Å². The molecule has 1 atom stereocenters.